The van der Waals surface area contributed by atoms with Crippen LogP contribution in [0.4, 0.5) is 0 Å². The van der Waals surface area contributed by atoms with Crippen LogP contribution in [0.25, 0.3) is 0 Å². The summed E-state index contributed by atoms with van der Waals surface area (Å²) in [6.07, 6.45) is 1.79. The quantitative estimate of drug-likeness (QED) is 0.778. The van der Waals surface area contributed by atoms with Gasteiger partial charge in [-0.05, 0) is 19.8 Å². The monoisotopic (exact) mass is 241 g/mol. The number of aliphatic hydroxyl groups excluding tert-OH is 1. The van der Waals surface area contributed by atoms with Gasteiger partial charge < -0.3 is 14.9 Å². The van der Waals surface area contributed by atoms with E-state index in [9.17, 15) is 9.90 Å². The minimum atomic E-state index is -1.11. The van der Waals surface area contributed by atoms with Gasteiger partial charge in [0.2, 0.25) is 0 Å². The van der Waals surface area contributed by atoms with Gasteiger partial charge in [-0.15, -0.1) is 10.2 Å². The van der Waals surface area contributed by atoms with Gasteiger partial charge in [-0.3, -0.25) is 4.57 Å². The first-order valence-corrected chi connectivity index (χ1v) is 5.53. The number of aromatic nitrogens is 3. The molecule has 94 valence electrons. The fraction of sp³-hybridized carbons (Fsp3) is 0.700. The molecule has 1 aliphatic heterocycles. The van der Waals surface area contributed by atoms with Gasteiger partial charge in [-0.1, -0.05) is 0 Å². The number of aliphatic hydroxyl groups is 1. The van der Waals surface area contributed by atoms with Crippen LogP contribution in [-0.4, -0.2) is 43.7 Å². The standard InChI is InChI=1S/C10H15N3O4/c1-6(14)8(10(15)16)13-5-11-12-9(13)7-3-2-4-17-7/h5-8,14H,2-4H2,1H3,(H,15,16). The fourth-order valence-electron chi connectivity index (χ4n) is 2.04. The number of rotatable bonds is 4. The number of carboxylic acid groups (broad SMARTS) is 1. The van der Waals surface area contributed by atoms with Crippen LogP contribution in [0, 0.1) is 0 Å². The molecule has 1 aliphatic rings. The molecule has 0 amide bonds. The van der Waals surface area contributed by atoms with Gasteiger partial charge in [-0.2, -0.15) is 0 Å². The molecule has 1 aromatic heterocycles. The normalized spacial score (nSPS) is 23.5. The van der Waals surface area contributed by atoms with Crippen molar-refractivity contribution in [3.63, 3.8) is 0 Å². The van der Waals surface area contributed by atoms with Crippen molar-refractivity contribution in [2.24, 2.45) is 0 Å². The highest BCUT2D eigenvalue weighted by Crippen LogP contribution is 2.29. The zero-order valence-corrected chi connectivity index (χ0v) is 9.48. The Hall–Kier alpha value is -1.47. The van der Waals surface area contributed by atoms with E-state index in [4.69, 9.17) is 9.84 Å². The first-order chi connectivity index (χ1) is 8.11. The van der Waals surface area contributed by atoms with Crippen molar-refractivity contribution in [3.05, 3.63) is 12.2 Å². The van der Waals surface area contributed by atoms with Gasteiger partial charge in [0.1, 0.15) is 12.4 Å². The summed E-state index contributed by atoms with van der Waals surface area (Å²) in [7, 11) is 0. The molecule has 0 radical (unpaired) electrons. The molecule has 0 saturated carbocycles. The van der Waals surface area contributed by atoms with Crippen LogP contribution in [0.15, 0.2) is 6.33 Å². The van der Waals surface area contributed by atoms with Crippen molar-refractivity contribution >= 4 is 5.97 Å². The lowest BCUT2D eigenvalue weighted by atomic mass is 10.1. The first-order valence-electron chi connectivity index (χ1n) is 5.53. The number of ether oxygens (including phenoxy) is 1. The van der Waals surface area contributed by atoms with E-state index in [1.54, 1.807) is 0 Å². The number of hydrogen-bond acceptors (Lipinski definition) is 5. The zero-order chi connectivity index (χ0) is 12.4. The number of carbonyl (C=O) groups is 1. The third-order valence-corrected chi connectivity index (χ3v) is 2.83. The molecule has 2 N–H and O–H groups in total. The number of nitrogens with zero attached hydrogens (tertiary/aromatic N) is 3. The van der Waals surface area contributed by atoms with E-state index in [2.05, 4.69) is 10.2 Å². The highest BCUT2D eigenvalue weighted by atomic mass is 16.5. The van der Waals surface area contributed by atoms with Crippen molar-refractivity contribution in [2.45, 2.75) is 38.0 Å². The average Bonchev–Trinajstić information content (AvgIpc) is 2.84. The SMILES string of the molecule is CC(O)C(C(=O)O)n1cnnc1C1CCCO1. The van der Waals surface area contributed by atoms with Crippen LogP contribution in [0.3, 0.4) is 0 Å². The molecular weight excluding hydrogens is 226 g/mol. The first kappa shape index (κ1) is 12.0. The predicted octanol–water partition coefficient (Wildman–Crippen LogP) is 0.136. The summed E-state index contributed by atoms with van der Waals surface area (Å²) in [6, 6.07) is -1.08. The van der Waals surface area contributed by atoms with Gasteiger partial charge in [-0.25, -0.2) is 4.79 Å². The lowest BCUT2D eigenvalue weighted by Crippen LogP contribution is -2.30. The Morgan fingerprint density at radius 2 is 2.47 bits per heavy atom. The topological polar surface area (TPSA) is 97.5 Å². The van der Waals surface area contributed by atoms with Gasteiger partial charge in [0.15, 0.2) is 11.9 Å². The van der Waals surface area contributed by atoms with Crippen LogP contribution in [0.5, 0.6) is 0 Å². The van der Waals surface area contributed by atoms with E-state index >= 15 is 0 Å². The fourth-order valence-corrected chi connectivity index (χ4v) is 2.04. The molecule has 0 aromatic carbocycles. The summed E-state index contributed by atoms with van der Waals surface area (Å²) in [5.41, 5.74) is 0. The molecule has 1 saturated heterocycles. The average molecular weight is 241 g/mol. The molecule has 0 bridgehead atoms. The Labute approximate surface area is 98.0 Å². The van der Waals surface area contributed by atoms with Crippen molar-refractivity contribution in [2.75, 3.05) is 6.61 Å². The molecule has 7 nitrogen and oxygen atoms in total. The van der Waals surface area contributed by atoms with Gasteiger partial charge in [0.25, 0.3) is 0 Å². The van der Waals surface area contributed by atoms with Crippen LogP contribution in [0.2, 0.25) is 0 Å². The van der Waals surface area contributed by atoms with Crippen molar-refractivity contribution in [1.82, 2.24) is 14.8 Å². The predicted molar refractivity (Wildman–Crippen MR) is 56.3 cm³/mol. The molecule has 3 unspecified atom stereocenters. The zero-order valence-electron chi connectivity index (χ0n) is 9.48. The number of aliphatic carboxylic acids is 1. The highest BCUT2D eigenvalue weighted by molar-refractivity contribution is 5.72. The second kappa shape index (κ2) is 4.80. The number of hydrogen-bond donors (Lipinski definition) is 2. The van der Waals surface area contributed by atoms with Crippen molar-refractivity contribution in [1.29, 1.82) is 0 Å². The molecule has 3 atom stereocenters. The summed E-state index contributed by atoms with van der Waals surface area (Å²) < 4.78 is 6.83. The van der Waals surface area contributed by atoms with E-state index in [0.717, 1.165) is 12.8 Å². The minimum Gasteiger partial charge on any atom is -0.480 e. The van der Waals surface area contributed by atoms with E-state index < -0.39 is 18.1 Å². The minimum absolute atomic E-state index is 0.224. The third-order valence-electron chi connectivity index (χ3n) is 2.83. The van der Waals surface area contributed by atoms with Gasteiger partial charge in [0, 0.05) is 6.61 Å². The van der Waals surface area contributed by atoms with Crippen LogP contribution >= 0.6 is 0 Å². The molecule has 0 aliphatic carbocycles. The maximum atomic E-state index is 11.1. The molecule has 2 rings (SSSR count). The van der Waals surface area contributed by atoms with Crippen LogP contribution < -0.4 is 0 Å². The summed E-state index contributed by atoms with van der Waals surface area (Å²) in [6.45, 7) is 2.07. The Morgan fingerprint density at radius 3 is 3.00 bits per heavy atom. The van der Waals surface area contributed by atoms with Crippen LogP contribution in [0.1, 0.15) is 37.7 Å². The van der Waals surface area contributed by atoms with E-state index in [-0.39, 0.29) is 6.10 Å². The Bertz CT molecular complexity index is 398. The lowest BCUT2D eigenvalue weighted by molar-refractivity contribution is -0.144. The molecule has 7 heteroatoms. The van der Waals surface area contributed by atoms with E-state index in [1.165, 1.54) is 17.8 Å². The Balaban J connectivity index is 2.30. The lowest BCUT2D eigenvalue weighted by Gasteiger charge is -2.20. The smallest absolute Gasteiger partial charge is 0.329 e. The van der Waals surface area contributed by atoms with E-state index in [0.29, 0.717) is 12.4 Å². The van der Waals surface area contributed by atoms with Crippen molar-refractivity contribution < 1.29 is 19.7 Å². The second-order valence-corrected chi connectivity index (χ2v) is 4.12. The summed E-state index contributed by atoms with van der Waals surface area (Å²) >= 11 is 0. The Morgan fingerprint density at radius 1 is 1.71 bits per heavy atom. The molecule has 1 aromatic rings. The summed E-state index contributed by atoms with van der Waals surface area (Å²) in [5.74, 6) is -0.644. The summed E-state index contributed by atoms with van der Waals surface area (Å²) in [4.78, 5) is 11.1. The molecule has 2 heterocycles. The largest absolute Gasteiger partial charge is 0.480 e. The maximum Gasteiger partial charge on any atom is 0.329 e. The molecule has 1 fully saturated rings. The molecule has 0 spiro atoms. The van der Waals surface area contributed by atoms with Crippen LogP contribution in [-0.2, 0) is 9.53 Å². The maximum absolute atomic E-state index is 11.1. The molecular formula is C10H15N3O4. The highest BCUT2D eigenvalue weighted by Gasteiger charge is 2.31. The van der Waals surface area contributed by atoms with E-state index in [1.807, 2.05) is 0 Å². The Kier molecular flexibility index (Phi) is 3.39. The van der Waals surface area contributed by atoms with Gasteiger partial charge >= 0.3 is 5.97 Å². The van der Waals surface area contributed by atoms with Gasteiger partial charge in [0.05, 0.1) is 6.10 Å². The van der Waals surface area contributed by atoms with Crippen molar-refractivity contribution in [3.8, 4) is 0 Å². The third kappa shape index (κ3) is 2.29. The molecule has 17 heavy (non-hydrogen) atoms. The number of carboxylic acids is 1. The second-order valence-electron chi connectivity index (χ2n) is 4.12. The summed E-state index contributed by atoms with van der Waals surface area (Å²) in [5, 5.41) is 26.2.